The molecule has 2 aromatic carbocycles. The number of nitrogens with zero attached hydrogens (tertiary/aromatic N) is 1. The van der Waals surface area contributed by atoms with E-state index in [9.17, 15) is 13.2 Å². The normalized spacial score (nSPS) is 18.9. The number of carbonyl (C=O) groups is 1. The third-order valence-corrected chi connectivity index (χ3v) is 7.43. The van der Waals surface area contributed by atoms with E-state index in [0.29, 0.717) is 31.1 Å². The van der Waals surface area contributed by atoms with Gasteiger partial charge >= 0.3 is 0 Å². The Morgan fingerprint density at radius 3 is 2.60 bits per heavy atom. The maximum absolute atomic E-state index is 12.7. The van der Waals surface area contributed by atoms with Crippen LogP contribution in [0, 0.1) is 0 Å². The molecule has 0 radical (unpaired) electrons. The second-order valence-corrected chi connectivity index (χ2v) is 9.66. The Labute approximate surface area is 177 Å². The van der Waals surface area contributed by atoms with Gasteiger partial charge in [0.25, 0.3) is 0 Å². The fourth-order valence-corrected chi connectivity index (χ4v) is 5.33. The van der Waals surface area contributed by atoms with Gasteiger partial charge in [0.2, 0.25) is 15.9 Å². The van der Waals surface area contributed by atoms with Crippen LogP contribution in [0.3, 0.4) is 0 Å². The summed E-state index contributed by atoms with van der Waals surface area (Å²) in [6.45, 7) is 3.52. The molecule has 0 spiro atoms. The molecule has 2 N–H and O–H groups in total. The molecule has 4 rings (SSSR count). The van der Waals surface area contributed by atoms with Crippen LogP contribution < -0.4 is 15.4 Å². The SMILES string of the molecule is CCc1ccc(NC(=O)CC2COc3cc(S(=O)(=O)N4CCCC4)ccc3N2)cc1. The van der Waals surface area contributed by atoms with Gasteiger partial charge in [-0.25, -0.2) is 8.42 Å². The number of fused-ring (bicyclic) bond motifs is 1. The van der Waals surface area contributed by atoms with Gasteiger partial charge in [-0.2, -0.15) is 4.31 Å². The zero-order valence-corrected chi connectivity index (χ0v) is 17.9. The minimum absolute atomic E-state index is 0.1000. The first-order chi connectivity index (χ1) is 14.5. The zero-order chi connectivity index (χ0) is 21.1. The lowest BCUT2D eigenvalue weighted by Gasteiger charge is -2.28. The van der Waals surface area contributed by atoms with Crippen LogP contribution in [-0.4, -0.2) is 44.4 Å². The third-order valence-electron chi connectivity index (χ3n) is 5.53. The number of amides is 1. The molecule has 160 valence electrons. The van der Waals surface area contributed by atoms with Crippen molar-refractivity contribution in [1.82, 2.24) is 4.31 Å². The van der Waals surface area contributed by atoms with Crippen molar-refractivity contribution >= 4 is 27.3 Å². The lowest BCUT2D eigenvalue weighted by atomic mass is 10.1. The van der Waals surface area contributed by atoms with Crippen molar-refractivity contribution in [2.45, 2.75) is 43.5 Å². The number of ether oxygens (including phenoxy) is 1. The molecule has 1 saturated heterocycles. The zero-order valence-electron chi connectivity index (χ0n) is 17.1. The van der Waals surface area contributed by atoms with Crippen LogP contribution in [0.25, 0.3) is 0 Å². The number of hydrogen-bond donors (Lipinski definition) is 2. The van der Waals surface area contributed by atoms with Gasteiger partial charge in [0.15, 0.2) is 0 Å². The molecule has 0 aliphatic carbocycles. The van der Waals surface area contributed by atoms with Crippen LogP contribution >= 0.6 is 0 Å². The molecule has 30 heavy (non-hydrogen) atoms. The van der Waals surface area contributed by atoms with Crippen molar-refractivity contribution in [1.29, 1.82) is 0 Å². The molecule has 8 heteroatoms. The summed E-state index contributed by atoms with van der Waals surface area (Å²) >= 11 is 0. The van der Waals surface area contributed by atoms with Crippen molar-refractivity contribution in [2.24, 2.45) is 0 Å². The first-order valence-corrected chi connectivity index (χ1v) is 11.8. The second kappa shape index (κ2) is 8.65. The minimum atomic E-state index is -3.48. The summed E-state index contributed by atoms with van der Waals surface area (Å²) in [5.74, 6) is 0.402. The highest BCUT2D eigenvalue weighted by Gasteiger charge is 2.29. The summed E-state index contributed by atoms with van der Waals surface area (Å²) in [6, 6.07) is 12.5. The summed E-state index contributed by atoms with van der Waals surface area (Å²) in [6.07, 6.45) is 3.00. The highest BCUT2D eigenvalue weighted by Crippen LogP contribution is 2.33. The van der Waals surface area contributed by atoms with E-state index in [1.807, 2.05) is 24.3 Å². The lowest BCUT2D eigenvalue weighted by Crippen LogP contribution is -2.35. The first kappa shape index (κ1) is 20.7. The summed E-state index contributed by atoms with van der Waals surface area (Å²) in [4.78, 5) is 12.6. The van der Waals surface area contributed by atoms with Crippen LogP contribution in [-0.2, 0) is 21.2 Å². The molecule has 2 aliphatic rings. The van der Waals surface area contributed by atoms with Crippen molar-refractivity contribution in [3.8, 4) is 5.75 Å². The van der Waals surface area contributed by atoms with Crippen LogP contribution in [0.5, 0.6) is 5.75 Å². The number of carbonyl (C=O) groups excluding carboxylic acids is 1. The average Bonchev–Trinajstić information content (AvgIpc) is 3.29. The van der Waals surface area contributed by atoms with Crippen LogP contribution in [0.4, 0.5) is 11.4 Å². The van der Waals surface area contributed by atoms with E-state index in [0.717, 1.165) is 24.9 Å². The van der Waals surface area contributed by atoms with E-state index >= 15 is 0 Å². The van der Waals surface area contributed by atoms with Gasteiger partial charge in [-0.05, 0) is 49.1 Å². The molecular formula is C22H27N3O4S. The fourth-order valence-electron chi connectivity index (χ4n) is 3.80. The fraction of sp³-hybridized carbons (Fsp3) is 0.409. The Balaban J connectivity index is 1.38. The summed E-state index contributed by atoms with van der Waals surface area (Å²) in [7, 11) is -3.48. The Kier molecular flexibility index (Phi) is 5.97. The summed E-state index contributed by atoms with van der Waals surface area (Å²) in [5.41, 5.74) is 2.69. The van der Waals surface area contributed by atoms with Gasteiger partial charge in [-0.3, -0.25) is 4.79 Å². The Hall–Kier alpha value is -2.58. The highest BCUT2D eigenvalue weighted by atomic mass is 32.2. The van der Waals surface area contributed by atoms with Gasteiger partial charge < -0.3 is 15.4 Å². The number of benzene rings is 2. The monoisotopic (exact) mass is 429 g/mol. The molecule has 1 atom stereocenters. The van der Waals surface area contributed by atoms with E-state index in [4.69, 9.17) is 4.74 Å². The smallest absolute Gasteiger partial charge is 0.243 e. The Morgan fingerprint density at radius 2 is 1.90 bits per heavy atom. The van der Waals surface area contributed by atoms with Crippen molar-refractivity contribution < 1.29 is 17.9 Å². The van der Waals surface area contributed by atoms with Crippen LogP contribution in [0.15, 0.2) is 47.4 Å². The molecule has 2 aliphatic heterocycles. The molecule has 2 heterocycles. The number of sulfonamides is 1. The van der Waals surface area contributed by atoms with Gasteiger partial charge in [0.05, 0.1) is 23.0 Å². The number of rotatable bonds is 6. The maximum Gasteiger partial charge on any atom is 0.243 e. The summed E-state index contributed by atoms with van der Waals surface area (Å²) in [5, 5.41) is 6.19. The van der Waals surface area contributed by atoms with E-state index in [1.54, 1.807) is 18.2 Å². The summed E-state index contributed by atoms with van der Waals surface area (Å²) < 4.78 is 32.8. The van der Waals surface area contributed by atoms with Gasteiger partial charge in [0.1, 0.15) is 12.4 Å². The second-order valence-electron chi connectivity index (χ2n) is 7.72. The van der Waals surface area contributed by atoms with Crippen LogP contribution in [0.1, 0.15) is 31.7 Å². The minimum Gasteiger partial charge on any atom is -0.489 e. The molecule has 0 aromatic heterocycles. The topological polar surface area (TPSA) is 87.7 Å². The van der Waals surface area contributed by atoms with Gasteiger partial charge in [-0.1, -0.05) is 19.1 Å². The molecular weight excluding hydrogens is 402 g/mol. The van der Waals surface area contributed by atoms with Gasteiger partial charge in [0, 0.05) is 24.8 Å². The number of anilines is 2. The molecule has 2 aromatic rings. The lowest BCUT2D eigenvalue weighted by molar-refractivity contribution is -0.116. The molecule has 7 nitrogen and oxygen atoms in total. The van der Waals surface area contributed by atoms with Crippen molar-refractivity contribution in [3.05, 3.63) is 48.0 Å². The molecule has 1 unspecified atom stereocenters. The molecule has 0 bridgehead atoms. The van der Waals surface area contributed by atoms with E-state index in [2.05, 4.69) is 17.6 Å². The number of aryl methyl sites for hydroxylation is 1. The van der Waals surface area contributed by atoms with E-state index in [-0.39, 0.29) is 23.3 Å². The maximum atomic E-state index is 12.7. The predicted octanol–water partition coefficient (Wildman–Crippen LogP) is 3.24. The number of hydrogen-bond acceptors (Lipinski definition) is 5. The van der Waals surface area contributed by atoms with Gasteiger partial charge in [-0.15, -0.1) is 0 Å². The number of nitrogens with one attached hydrogen (secondary N) is 2. The first-order valence-electron chi connectivity index (χ1n) is 10.4. The van der Waals surface area contributed by atoms with E-state index < -0.39 is 10.0 Å². The van der Waals surface area contributed by atoms with Crippen molar-refractivity contribution in [2.75, 3.05) is 30.3 Å². The average molecular weight is 430 g/mol. The molecule has 0 saturated carbocycles. The quantitative estimate of drug-likeness (QED) is 0.736. The largest absolute Gasteiger partial charge is 0.489 e. The molecule has 1 amide bonds. The standard InChI is InChI=1S/C22H27N3O4S/c1-2-16-5-7-17(8-6-16)24-22(26)13-18-15-29-21-14-19(9-10-20(21)23-18)30(27,28)25-11-3-4-12-25/h5-10,14,18,23H,2-4,11-13,15H2,1H3,(H,24,26). The molecule has 1 fully saturated rings. The predicted molar refractivity (Wildman–Crippen MR) is 116 cm³/mol. The van der Waals surface area contributed by atoms with Crippen molar-refractivity contribution in [3.63, 3.8) is 0 Å². The highest BCUT2D eigenvalue weighted by molar-refractivity contribution is 7.89. The third kappa shape index (κ3) is 4.44. The Bertz CT molecular complexity index is 1020. The Morgan fingerprint density at radius 1 is 1.17 bits per heavy atom. The van der Waals surface area contributed by atoms with E-state index in [1.165, 1.54) is 9.87 Å². The van der Waals surface area contributed by atoms with Crippen LogP contribution in [0.2, 0.25) is 0 Å².